The first kappa shape index (κ1) is 16.4. The average Bonchev–Trinajstić information content (AvgIpc) is 2.69. The minimum atomic E-state index is -0.366. The Morgan fingerprint density at radius 1 is 1.04 bits per heavy atom. The van der Waals surface area contributed by atoms with Crippen LogP contribution < -0.4 is 5.56 Å². The molecule has 1 fully saturated rings. The summed E-state index contributed by atoms with van der Waals surface area (Å²) in [5.41, 5.74) is 0.893. The highest BCUT2D eigenvalue weighted by Crippen LogP contribution is 2.22. The van der Waals surface area contributed by atoms with Crippen molar-refractivity contribution in [3.8, 4) is 0 Å². The van der Waals surface area contributed by atoms with Crippen molar-refractivity contribution in [2.24, 2.45) is 0 Å². The summed E-state index contributed by atoms with van der Waals surface area (Å²) in [6, 6.07) is 12.6. The molecule has 0 aliphatic carbocycles. The van der Waals surface area contributed by atoms with E-state index in [1.807, 2.05) is 6.07 Å². The number of hydrogen-bond acceptors (Lipinski definition) is 4. The molecular formula is C19H17FN4O2. The molecule has 3 aromatic rings. The Morgan fingerprint density at radius 2 is 1.73 bits per heavy atom. The summed E-state index contributed by atoms with van der Waals surface area (Å²) in [6.07, 6.45) is 1.25. The van der Waals surface area contributed by atoms with Crippen LogP contribution in [0.15, 0.2) is 53.3 Å². The zero-order chi connectivity index (χ0) is 18.1. The van der Waals surface area contributed by atoms with E-state index < -0.39 is 0 Å². The predicted octanol–water partition coefficient (Wildman–Crippen LogP) is 2.41. The molecule has 7 heteroatoms. The van der Waals surface area contributed by atoms with Crippen molar-refractivity contribution < 1.29 is 9.18 Å². The standard InChI is InChI=1S/C19H17FN4O2/c20-14-7-5-13(6-8-14)18(25)23-11-9-15(10-12-23)24-19(26)16-3-1-2-4-17(16)21-22-24/h1-8,15H,9-12H2. The van der Waals surface area contributed by atoms with Crippen molar-refractivity contribution in [3.05, 3.63) is 70.3 Å². The van der Waals surface area contributed by atoms with Crippen LogP contribution in [0.2, 0.25) is 0 Å². The van der Waals surface area contributed by atoms with Gasteiger partial charge in [0.25, 0.3) is 11.5 Å². The maximum Gasteiger partial charge on any atom is 0.277 e. The maximum absolute atomic E-state index is 13.0. The molecule has 0 atom stereocenters. The van der Waals surface area contributed by atoms with E-state index in [1.54, 1.807) is 23.1 Å². The van der Waals surface area contributed by atoms with Gasteiger partial charge in [0.05, 0.1) is 11.4 Å². The normalized spacial score (nSPS) is 15.3. The minimum absolute atomic E-state index is 0.0862. The smallest absolute Gasteiger partial charge is 0.277 e. The first-order chi connectivity index (χ1) is 12.6. The second kappa shape index (κ2) is 6.67. The van der Waals surface area contributed by atoms with Gasteiger partial charge in [-0.1, -0.05) is 17.3 Å². The van der Waals surface area contributed by atoms with Crippen LogP contribution >= 0.6 is 0 Å². The highest BCUT2D eigenvalue weighted by Gasteiger charge is 2.26. The molecule has 0 unspecified atom stereocenters. The number of piperidine rings is 1. The molecule has 26 heavy (non-hydrogen) atoms. The second-order valence-corrected chi connectivity index (χ2v) is 6.39. The highest BCUT2D eigenvalue weighted by molar-refractivity contribution is 5.94. The Bertz CT molecular complexity index is 1010. The molecule has 1 aliphatic rings. The van der Waals surface area contributed by atoms with E-state index >= 15 is 0 Å². The number of carbonyl (C=O) groups is 1. The molecule has 4 rings (SSSR count). The van der Waals surface area contributed by atoms with Gasteiger partial charge < -0.3 is 4.90 Å². The fourth-order valence-corrected chi connectivity index (χ4v) is 3.33. The van der Waals surface area contributed by atoms with E-state index in [1.165, 1.54) is 28.9 Å². The summed E-state index contributed by atoms with van der Waals surface area (Å²) in [5.74, 6) is -0.491. The van der Waals surface area contributed by atoms with E-state index in [4.69, 9.17) is 0 Å². The Morgan fingerprint density at radius 3 is 2.46 bits per heavy atom. The minimum Gasteiger partial charge on any atom is -0.338 e. The van der Waals surface area contributed by atoms with Gasteiger partial charge in [-0.15, -0.1) is 5.10 Å². The summed E-state index contributed by atoms with van der Waals surface area (Å²) < 4.78 is 14.4. The monoisotopic (exact) mass is 352 g/mol. The molecule has 1 aliphatic heterocycles. The van der Waals surface area contributed by atoms with Gasteiger partial charge in [-0.3, -0.25) is 9.59 Å². The summed E-state index contributed by atoms with van der Waals surface area (Å²) in [7, 11) is 0. The summed E-state index contributed by atoms with van der Waals surface area (Å²) in [5, 5.41) is 8.75. The molecule has 132 valence electrons. The predicted molar refractivity (Wildman–Crippen MR) is 94.4 cm³/mol. The topological polar surface area (TPSA) is 68.1 Å². The largest absolute Gasteiger partial charge is 0.338 e. The number of hydrogen-bond donors (Lipinski definition) is 0. The number of benzene rings is 2. The number of nitrogens with zero attached hydrogens (tertiary/aromatic N) is 4. The fraction of sp³-hybridized carbons (Fsp3) is 0.263. The Balaban J connectivity index is 1.50. The first-order valence-electron chi connectivity index (χ1n) is 8.52. The number of rotatable bonds is 2. The maximum atomic E-state index is 13.0. The van der Waals surface area contributed by atoms with Crippen molar-refractivity contribution in [2.75, 3.05) is 13.1 Å². The first-order valence-corrected chi connectivity index (χ1v) is 8.52. The zero-order valence-electron chi connectivity index (χ0n) is 14.0. The van der Waals surface area contributed by atoms with Crippen molar-refractivity contribution in [1.29, 1.82) is 0 Å². The number of aromatic nitrogens is 3. The molecule has 1 aromatic heterocycles. The molecule has 0 radical (unpaired) electrons. The van der Waals surface area contributed by atoms with Gasteiger partial charge in [0, 0.05) is 18.7 Å². The lowest BCUT2D eigenvalue weighted by atomic mass is 10.0. The van der Waals surface area contributed by atoms with Gasteiger partial charge in [-0.2, -0.15) is 0 Å². The second-order valence-electron chi connectivity index (χ2n) is 6.39. The molecule has 2 heterocycles. The number of amides is 1. The lowest BCUT2D eigenvalue weighted by Gasteiger charge is -2.32. The fourth-order valence-electron chi connectivity index (χ4n) is 3.33. The molecule has 2 aromatic carbocycles. The van der Waals surface area contributed by atoms with E-state index in [0.29, 0.717) is 42.4 Å². The van der Waals surface area contributed by atoms with Crippen molar-refractivity contribution >= 4 is 16.8 Å². The number of likely N-dealkylation sites (tertiary alicyclic amines) is 1. The van der Waals surface area contributed by atoms with Crippen LogP contribution in [0.3, 0.4) is 0 Å². The van der Waals surface area contributed by atoms with Gasteiger partial charge in [-0.05, 0) is 49.2 Å². The third-order valence-electron chi connectivity index (χ3n) is 4.78. The van der Waals surface area contributed by atoms with Crippen LogP contribution in [0.1, 0.15) is 29.2 Å². The van der Waals surface area contributed by atoms with E-state index in [2.05, 4.69) is 10.3 Å². The molecule has 0 saturated carbocycles. The molecule has 0 N–H and O–H groups in total. The molecule has 0 spiro atoms. The molecular weight excluding hydrogens is 335 g/mol. The Kier molecular flexibility index (Phi) is 4.20. The van der Waals surface area contributed by atoms with Crippen molar-refractivity contribution in [3.63, 3.8) is 0 Å². The molecule has 0 bridgehead atoms. The van der Waals surface area contributed by atoms with Gasteiger partial charge >= 0.3 is 0 Å². The quantitative estimate of drug-likeness (QED) is 0.710. The number of fused-ring (bicyclic) bond motifs is 1. The van der Waals surface area contributed by atoms with Crippen LogP contribution in [-0.2, 0) is 0 Å². The molecule has 6 nitrogen and oxygen atoms in total. The Labute approximate surface area is 148 Å². The van der Waals surface area contributed by atoms with Crippen molar-refractivity contribution in [1.82, 2.24) is 19.9 Å². The van der Waals surface area contributed by atoms with Gasteiger partial charge in [-0.25, -0.2) is 9.07 Å². The highest BCUT2D eigenvalue weighted by atomic mass is 19.1. The summed E-state index contributed by atoms with van der Waals surface area (Å²) >= 11 is 0. The SMILES string of the molecule is O=C(c1ccc(F)cc1)N1CCC(n2nnc3ccccc3c2=O)CC1. The third-order valence-corrected chi connectivity index (χ3v) is 4.78. The van der Waals surface area contributed by atoms with Crippen LogP contribution in [0.25, 0.3) is 10.9 Å². The van der Waals surface area contributed by atoms with Crippen LogP contribution in [0, 0.1) is 5.82 Å². The van der Waals surface area contributed by atoms with Crippen molar-refractivity contribution in [2.45, 2.75) is 18.9 Å². The van der Waals surface area contributed by atoms with Crippen LogP contribution in [0.5, 0.6) is 0 Å². The zero-order valence-corrected chi connectivity index (χ0v) is 14.0. The van der Waals surface area contributed by atoms with E-state index in [9.17, 15) is 14.0 Å². The van der Waals surface area contributed by atoms with Crippen LogP contribution in [-0.4, -0.2) is 38.9 Å². The third kappa shape index (κ3) is 2.96. The van der Waals surface area contributed by atoms with E-state index in [0.717, 1.165) is 0 Å². The van der Waals surface area contributed by atoms with Gasteiger partial charge in [0.2, 0.25) is 0 Å². The number of carbonyl (C=O) groups excluding carboxylic acids is 1. The molecule has 1 saturated heterocycles. The lowest BCUT2D eigenvalue weighted by molar-refractivity contribution is 0.0687. The van der Waals surface area contributed by atoms with Crippen LogP contribution in [0.4, 0.5) is 4.39 Å². The molecule has 1 amide bonds. The average molecular weight is 352 g/mol. The van der Waals surface area contributed by atoms with Gasteiger partial charge in [0.15, 0.2) is 0 Å². The summed E-state index contributed by atoms with van der Waals surface area (Å²) in [6.45, 7) is 1.03. The lowest BCUT2D eigenvalue weighted by Crippen LogP contribution is -2.41. The van der Waals surface area contributed by atoms with Gasteiger partial charge in [0.1, 0.15) is 11.3 Å². The Hall–Kier alpha value is -3.09. The summed E-state index contributed by atoms with van der Waals surface area (Å²) in [4.78, 5) is 26.9. The van der Waals surface area contributed by atoms with E-state index in [-0.39, 0.29) is 23.3 Å². The number of halogens is 1.